The third kappa shape index (κ3) is 3.32. The first kappa shape index (κ1) is 11.6. The van der Waals surface area contributed by atoms with Crippen molar-refractivity contribution in [3.8, 4) is 0 Å². The zero-order valence-corrected chi connectivity index (χ0v) is 10.3. The highest BCUT2D eigenvalue weighted by molar-refractivity contribution is 7.12. The Bertz CT molecular complexity index is 318. The molecule has 3 nitrogen and oxygen atoms in total. The van der Waals surface area contributed by atoms with Crippen LogP contribution in [-0.2, 0) is 0 Å². The van der Waals surface area contributed by atoms with Gasteiger partial charge >= 0.3 is 0 Å². The highest BCUT2D eigenvalue weighted by Crippen LogP contribution is 2.08. The van der Waals surface area contributed by atoms with E-state index in [0.717, 1.165) is 24.4 Å². The Balaban J connectivity index is 1.59. The Morgan fingerprint density at radius 1 is 1.44 bits per heavy atom. The lowest BCUT2D eigenvalue weighted by Gasteiger charge is -2.13. The van der Waals surface area contributed by atoms with Crippen LogP contribution in [-0.4, -0.2) is 37.0 Å². The molecule has 1 fully saturated rings. The molecule has 1 aromatic rings. The van der Waals surface area contributed by atoms with Crippen molar-refractivity contribution in [2.24, 2.45) is 0 Å². The van der Waals surface area contributed by atoms with Gasteiger partial charge in [-0.05, 0) is 50.3 Å². The summed E-state index contributed by atoms with van der Waals surface area (Å²) in [6, 6.07) is 3.77. The quantitative estimate of drug-likeness (QED) is 0.795. The SMILES string of the molecule is O=C(NCCCN1CCCC1)c1cccs1. The second-order valence-electron chi connectivity index (χ2n) is 4.14. The number of carbonyl (C=O) groups is 1. The van der Waals surface area contributed by atoms with Crippen LogP contribution in [0.5, 0.6) is 0 Å². The summed E-state index contributed by atoms with van der Waals surface area (Å²) >= 11 is 1.49. The van der Waals surface area contributed by atoms with Gasteiger partial charge in [0, 0.05) is 6.54 Å². The van der Waals surface area contributed by atoms with Gasteiger partial charge in [0.05, 0.1) is 4.88 Å². The number of nitrogens with one attached hydrogen (secondary N) is 1. The van der Waals surface area contributed by atoms with Crippen molar-refractivity contribution in [3.63, 3.8) is 0 Å². The van der Waals surface area contributed by atoms with E-state index in [0.29, 0.717) is 0 Å². The molecule has 1 aromatic heterocycles. The molecular formula is C12H18N2OS. The lowest BCUT2D eigenvalue weighted by Crippen LogP contribution is -2.28. The third-order valence-electron chi connectivity index (χ3n) is 2.88. The molecule has 1 aliphatic heterocycles. The monoisotopic (exact) mass is 238 g/mol. The van der Waals surface area contributed by atoms with Crippen LogP contribution in [0.15, 0.2) is 17.5 Å². The van der Waals surface area contributed by atoms with Crippen LogP contribution in [0.3, 0.4) is 0 Å². The molecule has 2 rings (SSSR count). The van der Waals surface area contributed by atoms with E-state index in [4.69, 9.17) is 0 Å². The standard InChI is InChI=1S/C12H18N2OS/c15-12(11-5-3-10-16-11)13-6-4-9-14-7-1-2-8-14/h3,5,10H,1-2,4,6-9H2,(H,13,15). The van der Waals surface area contributed by atoms with Gasteiger partial charge in [0.1, 0.15) is 0 Å². The maximum atomic E-state index is 11.6. The summed E-state index contributed by atoms with van der Waals surface area (Å²) in [6.45, 7) is 4.37. The topological polar surface area (TPSA) is 32.3 Å². The minimum Gasteiger partial charge on any atom is -0.351 e. The van der Waals surface area contributed by atoms with Gasteiger partial charge in [-0.2, -0.15) is 0 Å². The largest absolute Gasteiger partial charge is 0.351 e. The minimum absolute atomic E-state index is 0.0661. The molecule has 1 saturated heterocycles. The Morgan fingerprint density at radius 2 is 2.25 bits per heavy atom. The van der Waals surface area contributed by atoms with Crippen LogP contribution in [0.2, 0.25) is 0 Å². The summed E-state index contributed by atoms with van der Waals surface area (Å²) < 4.78 is 0. The van der Waals surface area contributed by atoms with Crippen LogP contribution in [0.1, 0.15) is 28.9 Å². The van der Waals surface area contributed by atoms with Crippen LogP contribution in [0.25, 0.3) is 0 Å². The lowest BCUT2D eigenvalue weighted by atomic mass is 10.3. The molecule has 0 unspecified atom stereocenters. The maximum absolute atomic E-state index is 11.6. The molecule has 0 radical (unpaired) electrons. The van der Waals surface area contributed by atoms with E-state index < -0.39 is 0 Å². The van der Waals surface area contributed by atoms with Crippen LogP contribution in [0.4, 0.5) is 0 Å². The summed E-state index contributed by atoms with van der Waals surface area (Å²) in [5, 5.41) is 4.88. The molecule has 2 heterocycles. The third-order valence-corrected chi connectivity index (χ3v) is 3.75. The van der Waals surface area contributed by atoms with Gasteiger partial charge in [-0.3, -0.25) is 4.79 Å². The van der Waals surface area contributed by atoms with Gasteiger partial charge in [-0.15, -0.1) is 11.3 Å². The molecule has 1 N–H and O–H groups in total. The summed E-state index contributed by atoms with van der Waals surface area (Å²) in [4.78, 5) is 14.9. The van der Waals surface area contributed by atoms with Crippen molar-refractivity contribution in [2.75, 3.05) is 26.2 Å². The first-order valence-corrected chi connectivity index (χ1v) is 6.78. The summed E-state index contributed by atoms with van der Waals surface area (Å²) in [5.74, 6) is 0.0661. The summed E-state index contributed by atoms with van der Waals surface area (Å²) in [5.41, 5.74) is 0. The zero-order valence-electron chi connectivity index (χ0n) is 9.45. The Kier molecular flexibility index (Phi) is 4.36. The van der Waals surface area contributed by atoms with Crippen LogP contribution in [0, 0.1) is 0 Å². The van der Waals surface area contributed by atoms with Crippen LogP contribution >= 0.6 is 11.3 Å². The van der Waals surface area contributed by atoms with E-state index in [1.807, 2.05) is 17.5 Å². The van der Waals surface area contributed by atoms with E-state index >= 15 is 0 Å². The molecule has 0 atom stereocenters. The van der Waals surface area contributed by atoms with Crippen LogP contribution < -0.4 is 5.32 Å². The number of hydrogen-bond donors (Lipinski definition) is 1. The molecule has 0 bridgehead atoms. The van der Waals surface area contributed by atoms with Gasteiger partial charge in [-0.25, -0.2) is 0 Å². The van der Waals surface area contributed by atoms with Crippen molar-refractivity contribution in [1.29, 1.82) is 0 Å². The fourth-order valence-electron chi connectivity index (χ4n) is 2.01. The van der Waals surface area contributed by atoms with Crippen molar-refractivity contribution < 1.29 is 4.79 Å². The van der Waals surface area contributed by atoms with E-state index in [1.54, 1.807) is 0 Å². The summed E-state index contributed by atoms with van der Waals surface area (Å²) in [6.07, 6.45) is 3.72. The fraction of sp³-hybridized carbons (Fsp3) is 0.583. The molecule has 0 aromatic carbocycles. The molecule has 0 spiro atoms. The van der Waals surface area contributed by atoms with Crippen molar-refractivity contribution in [1.82, 2.24) is 10.2 Å². The van der Waals surface area contributed by atoms with E-state index in [1.165, 1.54) is 37.3 Å². The first-order valence-electron chi connectivity index (χ1n) is 5.90. The predicted molar refractivity (Wildman–Crippen MR) is 66.9 cm³/mol. The minimum atomic E-state index is 0.0661. The van der Waals surface area contributed by atoms with Gasteiger partial charge in [-0.1, -0.05) is 6.07 Å². The van der Waals surface area contributed by atoms with Crippen molar-refractivity contribution >= 4 is 17.2 Å². The van der Waals surface area contributed by atoms with Gasteiger partial charge in [0.15, 0.2) is 0 Å². The Hall–Kier alpha value is -0.870. The smallest absolute Gasteiger partial charge is 0.261 e. The highest BCUT2D eigenvalue weighted by Gasteiger charge is 2.10. The number of amides is 1. The predicted octanol–water partition coefficient (Wildman–Crippen LogP) is 1.96. The number of hydrogen-bond acceptors (Lipinski definition) is 3. The molecular weight excluding hydrogens is 220 g/mol. The fourth-order valence-corrected chi connectivity index (χ4v) is 2.65. The van der Waals surface area contributed by atoms with E-state index in [2.05, 4.69) is 10.2 Å². The second kappa shape index (κ2) is 6.01. The average molecular weight is 238 g/mol. The number of carbonyl (C=O) groups excluding carboxylic acids is 1. The molecule has 16 heavy (non-hydrogen) atoms. The molecule has 1 aliphatic rings. The average Bonchev–Trinajstić information content (AvgIpc) is 2.96. The van der Waals surface area contributed by atoms with Crippen molar-refractivity contribution in [3.05, 3.63) is 22.4 Å². The maximum Gasteiger partial charge on any atom is 0.261 e. The number of thiophene rings is 1. The normalized spacial score (nSPS) is 16.5. The van der Waals surface area contributed by atoms with Crippen molar-refractivity contribution in [2.45, 2.75) is 19.3 Å². The number of likely N-dealkylation sites (tertiary alicyclic amines) is 1. The Labute approximate surface area is 100 Å². The van der Waals surface area contributed by atoms with Gasteiger partial charge in [0.25, 0.3) is 5.91 Å². The zero-order chi connectivity index (χ0) is 11.2. The number of nitrogens with zero attached hydrogens (tertiary/aromatic N) is 1. The van der Waals surface area contributed by atoms with Gasteiger partial charge < -0.3 is 10.2 Å². The van der Waals surface area contributed by atoms with E-state index in [9.17, 15) is 4.79 Å². The molecule has 1 amide bonds. The molecule has 0 aliphatic carbocycles. The van der Waals surface area contributed by atoms with E-state index in [-0.39, 0.29) is 5.91 Å². The van der Waals surface area contributed by atoms with Gasteiger partial charge in [0.2, 0.25) is 0 Å². The highest BCUT2D eigenvalue weighted by atomic mass is 32.1. The molecule has 88 valence electrons. The lowest BCUT2D eigenvalue weighted by molar-refractivity contribution is 0.0956. The number of rotatable bonds is 5. The summed E-state index contributed by atoms with van der Waals surface area (Å²) in [7, 11) is 0. The second-order valence-corrected chi connectivity index (χ2v) is 5.08. The first-order chi connectivity index (χ1) is 7.86. The Morgan fingerprint density at radius 3 is 2.94 bits per heavy atom. The molecule has 4 heteroatoms. The molecule has 0 saturated carbocycles.